The summed E-state index contributed by atoms with van der Waals surface area (Å²) in [6.07, 6.45) is 1.83. The maximum atomic E-state index is 12.5. The normalized spacial score (nSPS) is 16.8. The summed E-state index contributed by atoms with van der Waals surface area (Å²) in [5.41, 5.74) is 1.42. The van der Waals surface area contributed by atoms with Gasteiger partial charge in [-0.1, -0.05) is 12.1 Å². The van der Waals surface area contributed by atoms with Crippen molar-refractivity contribution in [3.05, 3.63) is 47.1 Å². The molecule has 6 nitrogen and oxygen atoms in total. The highest BCUT2D eigenvalue weighted by atomic mass is 79.9. The smallest absolute Gasteiger partial charge is 0.229 e. The minimum Gasteiger partial charge on any atom is -0.363 e. The summed E-state index contributed by atoms with van der Waals surface area (Å²) in [5.74, 6) is 0.220. The first-order valence-corrected chi connectivity index (χ1v) is 8.74. The third-order valence-electron chi connectivity index (χ3n) is 4.11. The van der Waals surface area contributed by atoms with E-state index in [1.165, 1.54) is 0 Å². The fourth-order valence-electron chi connectivity index (χ4n) is 2.76. The van der Waals surface area contributed by atoms with E-state index in [0.29, 0.717) is 12.2 Å². The number of hydrogen-bond donors (Lipinski definition) is 1. The molecule has 1 aromatic heterocycles. The van der Waals surface area contributed by atoms with Gasteiger partial charge in [0.15, 0.2) is 0 Å². The number of halogens is 1. The van der Waals surface area contributed by atoms with Crippen LogP contribution in [0.25, 0.3) is 0 Å². The SMILES string of the molecule is CN(C)c1ccc(NC(=O)[C@H]2CC(=O)N(c3ccccc3Br)C2)cn1. The van der Waals surface area contributed by atoms with Gasteiger partial charge < -0.3 is 15.1 Å². The largest absolute Gasteiger partial charge is 0.363 e. The van der Waals surface area contributed by atoms with Crippen molar-refractivity contribution in [2.45, 2.75) is 6.42 Å². The van der Waals surface area contributed by atoms with Gasteiger partial charge >= 0.3 is 0 Å². The number of rotatable bonds is 4. The Bertz CT molecular complexity index is 792. The van der Waals surface area contributed by atoms with E-state index in [-0.39, 0.29) is 24.2 Å². The van der Waals surface area contributed by atoms with Crippen molar-refractivity contribution >= 4 is 44.9 Å². The highest BCUT2D eigenvalue weighted by Gasteiger charge is 2.35. The van der Waals surface area contributed by atoms with Crippen molar-refractivity contribution < 1.29 is 9.59 Å². The standard InChI is InChI=1S/C18H19BrN4O2/c1-22(2)16-8-7-13(10-20-16)21-18(25)12-9-17(24)23(11-12)15-6-4-3-5-14(15)19/h3-8,10,12H,9,11H2,1-2H3,(H,21,25)/t12-/m0/s1. The molecule has 1 N–H and O–H groups in total. The second-order valence-corrected chi connectivity index (χ2v) is 7.00. The van der Waals surface area contributed by atoms with Crippen LogP contribution in [-0.2, 0) is 9.59 Å². The summed E-state index contributed by atoms with van der Waals surface area (Å²) >= 11 is 3.46. The van der Waals surface area contributed by atoms with Crippen molar-refractivity contribution in [3.8, 4) is 0 Å². The number of pyridine rings is 1. The summed E-state index contributed by atoms with van der Waals surface area (Å²) in [5, 5.41) is 2.85. The van der Waals surface area contributed by atoms with Crippen LogP contribution in [0.15, 0.2) is 47.1 Å². The Morgan fingerprint density at radius 1 is 1.28 bits per heavy atom. The van der Waals surface area contributed by atoms with Crippen molar-refractivity contribution in [1.82, 2.24) is 4.98 Å². The Morgan fingerprint density at radius 3 is 2.68 bits per heavy atom. The van der Waals surface area contributed by atoms with Gasteiger partial charge in [-0.15, -0.1) is 0 Å². The fraction of sp³-hybridized carbons (Fsp3) is 0.278. The lowest BCUT2D eigenvalue weighted by molar-refractivity contribution is -0.122. The first-order valence-electron chi connectivity index (χ1n) is 7.95. The van der Waals surface area contributed by atoms with E-state index in [1.807, 2.05) is 55.4 Å². The minimum absolute atomic E-state index is 0.0480. The zero-order chi connectivity index (χ0) is 18.0. The lowest BCUT2D eigenvalue weighted by Crippen LogP contribution is -2.28. The molecule has 0 spiro atoms. The molecular weight excluding hydrogens is 384 g/mol. The van der Waals surface area contributed by atoms with E-state index in [1.54, 1.807) is 11.1 Å². The third-order valence-corrected chi connectivity index (χ3v) is 4.78. The zero-order valence-corrected chi connectivity index (χ0v) is 15.7. The lowest BCUT2D eigenvalue weighted by atomic mass is 10.1. The van der Waals surface area contributed by atoms with Crippen LogP contribution in [-0.4, -0.2) is 37.4 Å². The molecular formula is C18H19BrN4O2. The highest BCUT2D eigenvalue weighted by Crippen LogP contribution is 2.31. The van der Waals surface area contributed by atoms with Crippen molar-refractivity contribution in [3.63, 3.8) is 0 Å². The minimum atomic E-state index is -0.381. The molecule has 25 heavy (non-hydrogen) atoms. The molecule has 1 aliphatic heterocycles. The van der Waals surface area contributed by atoms with E-state index in [2.05, 4.69) is 26.2 Å². The summed E-state index contributed by atoms with van der Waals surface area (Å²) in [7, 11) is 3.81. The van der Waals surface area contributed by atoms with Crippen LogP contribution in [0, 0.1) is 5.92 Å². The van der Waals surface area contributed by atoms with E-state index in [9.17, 15) is 9.59 Å². The molecule has 1 aromatic carbocycles. The molecule has 1 aliphatic rings. The highest BCUT2D eigenvalue weighted by molar-refractivity contribution is 9.10. The van der Waals surface area contributed by atoms with Gasteiger partial charge in [0.25, 0.3) is 0 Å². The average Bonchev–Trinajstić information content (AvgIpc) is 2.97. The average molecular weight is 403 g/mol. The number of carbonyl (C=O) groups is 2. The van der Waals surface area contributed by atoms with E-state index in [4.69, 9.17) is 0 Å². The van der Waals surface area contributed by atoms with Gasteiger partial charge in [-0.05, 0) is 40.2 Å². The van der Waals surface area contributed by atoms with Crippen LogP contribution in [0.3, 0.4) is 0 Å². The van der Waals surface area contributed by atoms with Crippen molar-refractivity contribution in [2.24, 2.45) is 5.92 Å². The van der Waals surface area contributed by atoms with Gasteiger partial charge in [0.1, 0.15) is 5.82 Å². The number of amides is 2. The maximum Gasteiger partial charge on any atom is 0.229 e. The molecule has 2 amide bonds. The molecule has 7 heteroatoms. The first kappa shape index (κ1) is 17.4. The second kappa shape index (κ2) is 7.23. The Hall–Kier alpha value is -2.41. The fourth-order valence-corrected chi connectivity index (χ4v) is 3.25. The Kier molecular flexibility index (Phi) is 5.03. The summed E-state index contributed by atoms with van der Waals surface area (Å²) in [6, 6.07) is 11.2. The van der Waals surface area contributed by atoms with Gasteiger partial charge in [0.2, 0.25) is 11.8 Å². The molecule has 0 unspecified atom stereocenters. The number of hydrogen-bond acceptors (Lipinski definition) is 4. The molecule has 3 rings (SSSR count). The Morgan fingerprint density at radius 2 is 2.04 bits per heavy atom. The quantitative estimate of drug-likeness (QED) is 0.853. The number of nitrogens with zero attached hydrogens (tertiary/aromatic N) is 3. The monoisotopic (exact) mass is 402 g/mol. The molecule has 0 aliphatic carbocycles. The summed E-state index contributed by atoms with van der Waals surface area (Å²) in [6.45, 7) is 0.372. The van der Waals surface area contributed by atoms with Gasteiger partial charge in [0.05, 0.1) is 23.5 Å². The molecule has 1 fully saturated rings. The Balaban J connectivity index is 1.67. The van der Waals surface area contributed by atoms with Crippen LogP contribution in [0.2, 0.25) is 0 Å². The zero-order valence-electron chi connectivity index (χ0n) is 14.1. The second-order valence-electron chi connectivity index (χ2n) is 6.15. The van der Waals surface area contributed by atoms with Gasteiger partial charge in [-0.2, -0.15) is 0 Å². The molecule has 0 radical (unpaired) electrons. The van der Waals surface area contributed by atoms with Crippen LogP contribution in [0.5, 0.6) is 0 Å². The van der Waals surface area contributed by atoms with E-state index >= 15 is 0 Å². The molecule has 0 saturated carbocycles. The molecule has 2 aromatic rings. The van der Waals surface area contributed by atoms with Crippen LogP contribution in [0.1, 0.15) is 6.42 Å². The molecule has 130 valence electrons. The Labute approximate surface area is 155 Å². The molecule has 1 saturated heterocycles. The number of benzene rings is 1. The maximum absolute atomic E-state index is 12.5. The van der Waals surface area contributed by atoms with Gasteiger partial charge in [-0.25, -0.2) is 4.98 Å². The molecule has 2 heterocycles. The predicted octanol–water partition coefficient (Wildman–Crippen LogP) is 2.90. The molecule has 1 atom stereocenters. The number of nitrogens with one attached hydrogen (secondary N) is 1. The summed E-state index contributed by atoms with van der Waals surface area (Å²) < 4.78 is 0.841. The lowest BCUT2D eigenvalue weighted by Gasteiger charge is -2.18. The molecule has 0 bridgehead atoms. The third kappa shape index (κ3) is 3.82. The number of para-hydroxylation sites is 1. The first-order chi connectivity index (χ1) is 12.0. The van der Waals surface area contributed by atoms with Crippen molar-refractivity contribution in [1.29, 1.82) is 0 Å². The predicted molar refractivity (Wildman–Crippen MR) is 102 cm³/mol. The van der Waals surface area contributed by atoms with Crippen molar-refractivity contribution in [2.75, 3.05) is 35.8 Å². The van der Waals surface area contributed by atoms with Crippen LogP contribution < -0.4 is 15.1 Å². The van der Waals surface area contributed by atoms with Gasteiger partial charge in [0, 0.05) is 31.5 Å². The van der Waals surface area contributed by atoms with E-state index < -0.39 is 0 Å². The summed E-state index contributed by atoms with van der Waals surface area (Å²) in [4.78, 5) is 32.6. The number of aromatic nitrogens is 1. The van der Waals surface area contributed by atoms with E-state index in [0.717, 1.165) is 16.0 Å². The number of carbonyl (C=O) groups excluding carboxylic acids is 2. The van der Waals surface area contributed by atoms with Crippen LogP contribution >= 0.6 is 15.9 Å². The van der Waals surface area contributed by atoms with Gasteiger partial charge in [-0.3, -0.25) is 9.59 Å². The van der Waals surface area contributed by atoms with Crippen LogP contribution in [0.4, 0.5) is 17.2 Å². The topological polar surface area (TPSA) is 65.5 Å². The number of anilines is 3.